The third kappa shape index (κ3) is 6.50. The predicted molar refractivity (Wildman–Crippen MR) is 120 cm³/mol. The summed E-state index contributed by atoms with van der Waals surface area (Å²) in [6.45, 7) is 4.01. The summed E-state index contributed by atoms with van der Waals surface area (Å²) in [6, 6.07) is 23.1. The average molecular weight is 405 g/mol. The van der Waals surface area contributed by atoms with Crippen LogP contribution in [0.2, 0.25) is 0 Å². The molecule has 3 aromatic carbocycles. The quantitative estimate of drug-likeness (QED) is 0.531. The van der Waals surface area contributed by atoms with Gasteiger partial charge < -0.3 is 10.6 Å². The van der Waals surface area contributed by atoms with Crippen molar-refractivity contribution in [1.29, 1.82) is 0 Å². The Morgan fingerprint density at radius 3 is 2.38 bits per heavy atom. The molecule has 0 aromatic heterocycles. The summed E-state index contributed by atoms with van der Waals surface area (Å²) in [7, 11) is 0. The molecular weight excluding hydrogens is 380 g/mol. The molecule has 0 saturated carbocycles. The van der Waals surface area contributed by atoms with Crippen LogP contribution in [0.15, 0.2) is 77.7 Å². The molecule has 0 unspecified atom stereocenters. The summed E-state index contributed by atoms with van der Waals surface area (Å²) in [5, 5.41) is 5.87. The molecule has 0 spiro atoms. The molecule has 0 aliphatic carbocycles. The molecule has 0 bridgehead atoms. The average Bonchev–Trinajstić information content (AvgIpc) is 2.69. The van der Waals surface area contributed by atoms with Gasteiger partial charge in [-0.15, -0.1) is 11.8 Å². The Labute approximate surface area is 175 Å². The van der Waals surface area contributed by atoms with E-state index >= 15 is 0 Å². The van der Waals surface area contributed by atoms with E-state index in [0.29, 0.717) is 12.2 Å². The lowest BCUT2D eigenvalue weighted by Gasteiger charge is -2.10. The molecule has 0 heterocycles. The highest BCUT2D eigenvalue weighted by molar-refractivity contribution is 8.00. The van der Waals surface area contributed by atoms with Crippen LogP contribution in [0.1, 0.15) is 16.7 Å². The molecule has 4 nitrogen and oxygen atoms in total. The van der Waals surface area contributed by atoms with Crippen LogP contribution >= 0.6 is 11.8 Å². The van der Waals surface area contributed by atoms with Crippen LogP contribution in [0, 0.1) is 13.8 Å². The second-order valence-corrected chi connectivity index (χ2v) is 7.94. The number of amides is 2. The van der Waals surface area contributed by atoms with Gasteiger partial charge in [-0.1, -0.05) is 54.1 Å². The standard InChI is InChI=1S/C24H24N2O2S/c1-17-11-12-22(18(2)13-17)26-24(28)16-29-21-10-6-9-20(15-21)25-23(27)14-19-7-4-3-5-8-19/h3-13,15H,14,16H2,1-2H3,(H,25,27)(H,26,28). The van der Waals surface area contributed by atoms with Crippen molar-refractivity contribution < 1.29 is 9.59 Å². The van der Waals surface area contributed by atoms with Gasteiger partial charge in [0.1, 0.15) is 0 Å². The Hall–Kier alpha value is -3.05. The van der Waals surface area contributed by atoms with E-state index in [2.05, 4.69) is 10.6 Å². The molecule has 0 aliphatic rings. The molecule has 0 radical (unpaired) electrons. The zero-order valence-corrected chi connectivity index (χ0v) is 17.4. The number of carbonyl (C=O) groups excluding carboxylic acids is 2. The molecule has 0 fully saturated rings. The van der Waals surface area contributed by atoms with E-state index in [1.54, 1.807) is 0 Å². The first-order valence-corrected chi connectivity index (χ1v) is 10.4. The first-order chi connectivity index (χ1) is 14.0. The molecule has 148 valence electrons. The van der Waals surface area contributed by atoms with Gasteiger partial charge in [0.2, 0.25) is 11.8 Å². The summed E-state index contributed by atoms with van der Waals surface area (Å²) in [6.07, 6.45) is 0.330. The van der Waals surface area contributed by atoms with E-state index in [0.717, 1.165) is 27.4 Å². The first kappa shape index (κ1) is 20.7. The van der Waals surface area contributed by atoms with Crippen LogP contribution in [-0.2, 0) is 16.0 Å². The minimum atomic E-state index is -0.0639. The van der Waals surface area contributed by atoms with Crippen molar-refractivity contribution >= 4 is 35.0 Å². The fraction of sp³-hybridized carbons (Fsp3) is 0.167. The van der Waals surface area contributed by atoms with Gasteiger partial charge in [-0.2, -0.15) is 0 Å². The Balaban J connectivity index is 1.52. The van der Waals surface area contributed by atoms with Crippen molar-refractivity contribution in [3.05, 3.63) is 89.5 Å². The van der Waals surface area contributed by atoms with Gasteiger partial charge in [0, 0.05) is 16.3 Å². The lowest BCUT2D eigenvalue weighted by Crippen LogP contribution is -2.15. The van der Waals surface area contributed by atoms with E-state index < -0.39 is 0 Å². The molecule has 5 heteroatoms. The number of nitrogens with one attached hydrogen (secondary N) is 2. The number of rotatable bonds is 7. The molecule has 29 heavy (non-hydrogen) atoms. The second kappa shape index (κ2) is 9.94. The van der Waals surface area contributed by atoms with Gasteiger partial charge in [0.05, 0.1) is 12.2 Å². The Morgan fingerprint density at radius 1 is 0.828 bits per heavy atom. The maximum Gasteiger partial charge on any atom is 0.234 e. The lowest BCUT2D eigenvalue weighted by atomic mass is 10.1. The van der Waals surface area contributed by atoms with E-state index in [1.807, 2.05) is 86.6 Å². The van der Waals surface area contributed by atoms with Gasteiger partial charge in [0.15, 0.2) is 0 Å². The van der Waals surface area contributed by atoms with Crippen molar-refractivity contribution in [2.24, 2.45) is 0 Å². The second-order valence-electron chi connectivity index (χ2n) is 6.89. The molecule has 2 amide bonds. The molecule has 2 N–H and O–H groups in total. The molecule has 0 atom stereocenters. The Morgan fingerprint density at radius 2 is 1.62 bits per heavy atom. The van der Waals surface area contributed by atoms with Crippen molar-refractivity contribution in [3.63, 3.8) is 0 Å². The monoisotopic (exact) mass is 404 g/mol. The first-order valence-electron chi connectivity index (χ1n) is 9.43. The zero-order chi connectivity index (χ0) is 20.6. The number of carbonyl (C=O) groups is 2. The van der Waals surface area contributed by atoms with E-state index in [9.17, 15) is 9.59 Å². The van der Waals surface area contributed by atoms with Crippen LogP contribution in [0.25, 0.3) is 0 Å². The van der Waals surface area contributed by atoms with Gasteiger partial charge in [-0.25, -0.2) is 0 Å². The van der Waals surface area contributed by atoms with Gasteiger partial charge in [0.25, 0.3) is 0 Å². The summed E-state index contributed by atoms with van der Waals surface area (Å²) in [5.74, 6) is 0.181. The number of thioether (sulfide) groups is 1. The van der Waals surface area contributed by atoms with Crippen molar-refractivity contribution in [2.45, 2.75) is 25.2 Å². The normalized spacial score (nSPS) is 10.4. The van der Waals surface area contributed by atoms with Crippen LogP contribution in [0.3, 0.4) is 0 Å². The highest BCUT2D eigenvalue weighted by Crippen LogP contribution is 2.23. The molecule has 3 rings (SSSR count). The van der Waals surface area contributed by atoms with Crippen molar-refractivity contribution in [3.8, 4) is 0 Å². The van der Waals surface area contributed by atoms with Gasteiger partial charge in [-0.05, 0) is 49.2 Å². The predicted octanol–water partition coefficient (Wildman–Crippen LogP) is 5.22. The lowest BCUT2D eigenvalue weighted by molar-refractivity contribution is -0.115. The summed E-state index contributed by atoms with van der Waals surface area (Å²) >= 11 is 1.44. The fourth-order valence-corrected chi connectivity index (χ4v) is 3.69. The highest BCUT2D eigenvalue weighted by Gasteiger charge is 2.08. The summed E-state index contributed by atoms with van der Waals surface area (Å²) in [5.41, 5.74) is 4.75. The minimum absolute atomic E-state index is 0.0551. The Kier molecular flexibility index (Phi) is 7.09. The smallest absolute Gasteiger partial charge is 0.234 e. The van der Waals surface area contributed by atoms with Crippen LogP contribution < -0.4 is 10.6 Å². The largest absolute Gasteiger partial charge is 0.326 e. The molecule has 3 aromatic rings. The van der Waals surface area contributed by atoms with E-state index in [1.165, 1.54) is 17.3 Å². The number of hydrogen-bond acceptors (Lipinski definition) is 3. The van der Waals surface area contributed by atoms with Gasteiger partial charge >= 0.3 is 0 Å². The van der Waals surface area contributed by atoms with Crippen LogP contribution in [0.4, 0.5) is 11.4 Å². The third-order valence-corrected chi connectivity index (χ3v) is 5.35. The third-order valence-electron chi connectivity index (χ3n) is 4.35. The van der Waals surface area contributed by atoms with Crippen LogP contribution in [-0.4, -0.2) is 17.6 Å². The van der Waals surface area contributed by atoms with Gasteiger partial charge in [-0.3, -0.25) is 9.59 Å². The molecule has 0 saturated heterocycles. The van der Waals surface area contributed by atoms with Crippen molar-refractivity contribution in [1.82, 2.24) is 0 Å². The summed E-state index contributed by atoms with van der Waals surface area (Å²) < 4.78 is 0. The number of benzene rings is 3. The Bertz CT molecular complexity index is 1000. The molecule has 0 aliphatic heterocycles. The molecular formula is C24H24N2O2S. The highest BCUT2D eigenvalue weighted by atomic mass is 32.2. The maximum absolute atomic E-state index is 12.3. The number of anilines is 2. The zero-order valence-electron chi connectivity index (χ0n) is 16.6. The van der Waals surface area contributed by atoms with E-state index in [4.69, 9.17) is 0 Å². The number of hydrogen-bond donors (Lipinski definition) is 2. The topological polar surface area (TPSA) is 58.2 Å². The maximum atomic E-state index is 12.3. The number of aryl methyl sites for hydroxylation is 2. The van der Waals surface area contributed by atoms with Crippen molar-refractivity contribution in [2.75, 3.05) is 16.4 Å². The SMILES string of the molecule is Cc1ccc(NC(=O)CSc2cccc(NC(=O)Cc3ccccc3)c2)c(C)c1. The summed E-state index contributed by atoms with van der Waals surface area (Å²) in [4.78, 5) is 25.5. The van der Waals surface area contributed by atoms with Crippen LogP contribution in [0.5, 0.6) is 0 Å². The van der Waals surface area contributed by atoms with E-state index in [-0.39, 0.29) is 11.8 Å². The fourth-order valence-electron chi connectivity index (χ4n) is 2.94. The minimum Gasteiger partial charge on any atom is -0.326 e.